The zero-order valence-corrected chi connectivity index (χ0v) is 14.4. The van der Waals surface area contributed by atoms with Crippen molar-refractivity contribution in [1.29, 1.82) is 0 Å². The Bertz CT molecular complexity index is 850. The van der Waals surface area contributed by atoms with Gasteiger partial charge in [-0.05, 0) is 48.1 Å². The van der Waals surface area contributed by atoms with Gasteiger partial charge in [-0.25, -0.2) is 0 Å². The van der Waals surface area contributed by atoms with Gasteiger partial charge in [0.25, 0.3) is 0 Å². The van der Waals surface area contributed by atoms with Crippen molar-refractivity contribution in [3.63, 3.8) is 0 Å². The third kappa shape index (κ3) is 2.87. The summed E-state index contributed by atoms with van der Waals surface area (Å²) in [5.41, 5.74) is 2.31. The largest absolute Gasteiger partial charge is 0.491 e. The molecule has 134 valence electrons. The Morgan fingerprint density at radius 2 is 1.81 bits per heavy atom. The van der Waals surface area contributed by atoms with Crippen molar-refractivity contribution >= 4 is 5.91 Å². The Labute approximate surface area is 152 Å². The molecular formula is C21H21NO4. The fourth-order valence-electron chi connectivity index (χ4n) is 3.87. The first-order valence-corrected chi connectivity index (χ1v) is 9.18. The summed E-state index contributed by atoms with van der Waals surface area (Å²) in [7, 11) is 0. The predicted molar refractivity (Wildman–Crippen MR) is 95.9 cm³/mol. The van der Waals surface area contributed by atoms with E-state index >= 15 is 0 Å². The standard InChI is InChI=1S/C21H21NO4/c23-21(22-15-9-14-3-1-2-4-18(14)26-12-15)17-11-16(17)13-5-6-19-20(10-13)25-8-7-24-19/h1-6,10,15-17H,7-9,11-12H2,(H,22,23). The number of fused-ring (bicyclic) bond motifs is 2. The van der Waals surface area contributed by atoms with Crippen LogP contribution in [0.3, 0.4) is 0 Å². The first-order chi connectivity index (χ1) is 12.8. The van der Waals surface area contributed by atoms with Crippen molar-refractivity contribution in [2.45, 2.75) is 24.8 Å². The number of amides is 1. The highest BCUT2D eigenvalue weighted by Crippen LogP contribution is 2.49. The Morgan fingerprint density at radius 3 is 2.73 bits per heavy atom. The van der Waals surface area contributed by atoms with Gasteiger partial charge in [-0.1, -0.05) is 24.3 Å². The van der Waals surface area contributed by atoms with E-state index in [1.165, 1.54) is 0 Å². The van der Waals surface area contributed by atoms with Gasteiger partial charge in [-0.15, -0.1) is 0 Å². The van der Waals surface area contributed by atoms with Gasteiger partial charge in [-0.2, -0.15) is 0 Å². The normalized spacial score (nSPS) is 25.6. The van der Waals surface area contributed by atoms with Crippen molar-refractivity contribution in [1.82, 2.24) is 5.32 Å². The SMILES string of the molecule is O=C(NC1COc2ccccc2C1)C1CC1c1ccc2c(c1)OCCO2. The van der Waals surface area contributed by atoms with Crippen molar-refractivity contribution < 1.29 is 19.0 Å². The molecule has 2 aromatic carbocycles. The van der Waals surface area contributed by atoms with E-state index in [2.05, 4.69) is 11.4 Å². The van der Waals surface area contributed by atoms with E-state index in [0.717, 1.165) is 41.2 Å². The van der Waals surface area contributed by atoms with Crippen LogP contribution < -0.4 is 19.5 Å². The number of rotatable bonds is 3. The number of hydrogen-bond donors (Lipinski definition) is 1. The van der Waals surface area contributed by atoms with Gasteiger partial charge in [0.05, 0.1) is 6.04 Å². The lowest BCUT2D eigenvalue weighted by atomic mass is 10.0. The second kappa shape index (κ2) is 6.24. The van der Waals surface area contributed by atoms with E-state index in [1.54, 1.807) is 0 Å². The van der Waals surface area contributed by atoms with Crippen LogP contribution >= 0.6 is 0 Å². The molecule has 2 aromatic rings. The van der Waals surface area contributed by atoms with Crippen LogP contribution in [0.25, 0.3) is 0 Å². The summed E-state index contributed by atoms with van der Waals surface area (Å²) >= 11 is 0. The number of carbonyl (C=O) groups excluding carboxylic acids is 1. The van der Waals surface area contributed by atoms with E-state index in [4.69, 9.17) is 14.2 Å². The van der Waals surface area contributed by atoms with Crippen LogP contribution in [-0.2, 0) is 11.2 Å². The number of hydrogen-bond acceptors (Lipinski definition) is 4. The highest BCUT2D eigenvalue weighted by atomic mass is 16.6. The summed E-state index contributed by atoms with van der Waals surface area (Å²) in [6, 6.07) is 14.1. The molecule has 0 radical (unpaired) electrons. The van der Waals surface area contributed by atoms with E-state index in [0.29, 0.717) is 19.8 Å². The average molecular weight is 351 g/mol. The Balaban J connectivity index is 1.22. The first-order valence-electron chi connectivity index (χ1n) is 9.18. The van der Waals surface area contributed by atoms with Crippen LogP contribution in [-0.4, -0.2) is 31.8 Å². The highest BCUT2D eigenvalue weighted by molar-refractivity contribution is 5.83. The van der Waals surface area contributed by atoms with E-state index in [9.17, 15) is 4.79 Å². The molecule has 5 rings (SSSR count). The van der Waals surface area contributed by atoms with Gasteiger partial charge in [-0.3, -0.25) is 4.79 Å². The van der Waals surface area contributed by atoms with Crippen molar-refractivity contribution in [2.75, 3.05) is 19.8 Å². The summed E-state index contributed by atoms with van der Waals surface area (Å²) in [4.78, 5) is 12.6. The molecule has 1 fully saturated rings. The van der Waals surface area contributed by atoms with Gasteiger partial charge in [0, 0.05) is 5.92 Å². The number of para-hydroxylation sites is 1. The zero-order valence-electron chi connectivity index (χ0n) is 14.4. The van der Waals surface area contributed by atoms with Gasteiger partial charge in [0.2, 0.25) is 5.91 Å². The van der Waals surface area contributed by atoms with Crippen molar-refractivity contribution in [3.05, 3.63) is 53.6 Å². The second-order valence-corrected chi connectivity index (χ2v) is 7.18. The topological polar surface area (TPSA) is 56.8 Å². The molecule has 0 bridgehead atoms. The van der Waals surface area contributed by atoms with Crippen LogP contribution in [0.2, 0.25) is 0 Å². The molecular weight excluding hydrogens is 330 g/mol. The lowest BCUT2D eigenvalue weighted by Crippen LogP contribution is -2.43. The molecule has 5 nitrogen and oxygen atoms in total. The second-order valence-electron chi connectivity index (χ2n) is 7.18. The molecule has 0 saturated heterocycles. The molecule has 1 saturated carbocycles. The molecule has 26 heavy (non-hydrogen) atoms. The fraction of sp³-hybridized carbons (Fsp3) is 0.381. The maximum atomic E-state index is 12.6. The summed E-state index contributed by atoms with van der Waals surface area (Å²) < 4.78 is 17.0. The molecule has 3 atom stereocenters. The van der Waals surface area contributed by atoms with Gasteiger partial charge in [0.15, 0.2) is 11.5 Å². The molecule has 3 unspecified atom stereocenters. The molecule has 5 heteroatoms. The van der Waals surface area contributed by atoms with Crippen LogP contribution in [0.1, 0.15) is 23.5 Å². The Kier molecular flexibility index (Phi) is 3.73. The van der Waals surface area contributed by atoms with Crippen molar-refractivity contribution in [2.24, 2.45) is 5.92 Å². The highest BCUT2D eigenvalue weighted by Gasteiger charge is 2.45. The van der Waals surface area contributed by atoms with Crippen molar-refractivity contribution in [3.8, 4) is 17.2 Å². The lowest BCUT2D eigenvalue weighted by molar-refractivity contribution is -0.123. The van der Waals surface area contributed by atoms with E-state index in [1.807, 2.05) is 36.4 Å². The van der Waals surface area contributed by atoms with Crippen LogP contribution in [0.5, 0.6) is 17.2 Å². The Hall–Kier alpha value is -2.69. The maximum absolute atomic E-state index is 12.6. The summed E-state index contributed by atoms with van der Waals surface area (Å²) in [5, 5.41) is 3.16. The monoisotopic (exact) mass is 351 g/mol. The number of ether oxygens (including phenoxy) is 3. The summed E-state index contributed by atoms with van der Waals surface area (Å²) in [6.45, 7) is 1.70. The fourth-order valence-corrected chi connectivity index (χ4v) is 3.87. The van der Waals surface area contributed by atoms with Crippen LogP contribution in [0.4, 0.5) is 0 Å². The minimum atomic E-state index is 0.0368. The summed E-state index contributed by atoms with van der Waals surface area (Å²) in [5.74, 6) is 2.94. The molecule has 1 aliphatic carbocycles. The summed E-state index contributed by atoms with van der Waals surface area (Å²) in [6.07, 6.45) is 1.71. The van der Waals surface area contributed by atoms with Gasteiger partial charge >= 0.3 is 0 Å². The quantitative estimate of drug-likeness (QED) is 0.924. The minimum absolute atomic E-state index is 0.0368. The number of benzene rings is 2. The van der Waals surface area contributed by atoms with E-state index < -0.39 is 0 Å². The molecule has 1 N–H and O–H groups in total. The van der Waals surface area contributed by atoms with Crippen LogP contribution in [0.15, 0.2) is 42.5 Å². The Morgan fingerprint density at radius 1 is 0.962 bits per heavy atom. The van der Waals surface area contributed by atoms with Gasteiger partial charge in [0.1, 0.15) is 25.6 Å². The molecule has 2 heterocycles. The minimum Gasteiger partial charge on any atom is -0.491 e. The molecule has 0 aromatic heterocycles. The third-order valence-corrected chi connectivity index (χ3v) is 5.35. The lowest BCUT2D eigenvalue weighted by Gasteiger charge is -2.26. The number of nitrogens with one attached hydrogen (secondary N) is 1. The average Bonchev–Trinajstić information content (AvgIpc) is 3.48. The first kappa shape index (κ1) is 15.6. The molecule has 2 aliphatic heterocycles. The van der Waals surface area contributed by atoms with Gasteiger partial charge < -0.3 is 19.5 Å². The zero-order chi connectivity index (χ0) is 17.5. The van der Waals surface area contributed by atoms with Crippen LogP contribution in [0, 0.1) is 5.92 Å². The number of carbonyl (C=O) groups is 1. The molecule has 0 spiro atoms. The maximum Gasteiger partial charge on any atom is 0.224 e. The smallest absolute Gasteiger partial charge is 0.224 e. The predicted octanol–water partition coefficient (Wildman–Crippen LogP) is 2.68. The molecule has 3 aliphatic rings. The third-order valence-electron chi connectivity index (χ3n) is 5.35. The molecule has 1 amide bonds. The van der Waals surface area contributed by atoms with E-state index in [-0.39, 0.29) is 23.8 Å².